The van der Waals surface area contributed by atoms with Crippen molar-refractivity contribution in [1.82, 2.24) is 5.06 Å². The second-order valence-corrected chi connectivity index (χ2v) is 5.08. The van der Waals surface area contributed by atoms with Crippen LogP contribution in [0, 0.1) is 0 Å². The van der Waals surface area contributed by atoms with Crippen molar-refractivity contribution in [2.45, 2.75) is 38.8 Å². The zero-order valence-electron chi connectivity index (χ0n) is 10.4. The third kappa shape index (κ3) is 1.60. The minimum Gasteiger partial charge on any atom is -0.388 e. The molecule has 1 aromatic rings. The fourth-order valence-corrected chi connectivity index (χ4v) is 2.56. The van der Waals surface area contributed by atoms with Crippen LogP contribution < -0.4 is 5.32 Å². The van der Waals surface area contributed by atoms with E-state index in [0.717, 1.165) is 12.1 Å². The second-order valence-electron chi connectivity index (χ2n) is 5.08. The molecule has 3 heteroatoms. The Morgan fingerprint density at radius 3 is 2.75 bits per heavy atom. The van der Waals surface area contributed by atoms with E-state index >= 15 is 0 Å². The number of nitrogens with zero attached hydrogens (tertiary/aromatic N) is 1. The van der Waals surface area contributed by atoms with Crippen LogP contribution in [0.1, 0.15) is 31.9 Å². The first kappa shape index (κ1) is 11.4. The van der Waals surface area contributed by atoms with Crippen molar-refractivity contribution < 1.29 is 5.21 Å². The van der Waals surface area contributed by atoms with Crippen LogP contribution in [0.3, 0.4) is 0 Å². The summed E-state index contributed by atoms with van der Waals surface area (Å²) in [6.45, 7) is 6.17. The first-order valence-corrected chi connectivity index (χ1v) is 5.76. The van der Waals surface area contributed by atoms with Crippen molar-refractivity contribution >= 4 is 5.69 Å². The van der Waals surface area contributed by atoms with Gasteiger partial charge in [-0.05, 0) is 50.5 Å². The molecule has 1 unspecified atom stereocenters. The molecule has 0 amide bonds. The van der Waals surface area contributed by atoms with Crippen LogP contribution in [0.15, 0.2) is 18.2 Å². The molecule has 1 atom stereocenters. The lowest BCUT2D eigenvalue weighted by Crippen LogP contribution is -2.49. The molecule has 88 valence electrons. The molecule has 2 rings (SSSR count). The Kier molecular flexibility index (Phi) is 2.68. The zero-order chi connectivity index (χ0) is 11.9. The summed E-state index contributed by atoms with van der Waals surface area (Å²) in [4.78, 5) is 0. The van der Waals surface area contributed by atoms with E-state index in [1.165, 1.54) is 16.2 Å². The Bertz CT molecular complexity index is 401. The van der Waals surface area contributed by atoms with E-state index in [1.807, 2.05) is 7.05 Å². The minimum absolute atomic E-state index is 0.169. The number of hydrogen-bond acceptors (Lipinski definition) is 3. The van der Waals surface area contributed by atoms with E-state index in [1.54, 1.807) is 0 Å². The summed E-state index contributed by atoms with van der Waals surface area (Å²) in [5, 5.41) is 14.7. The van der Waals surface area contributed by atoms with Gasteiger partial charge in [0.05, 0.1) is 5.54 Å². The topological polar surface area (TPSA) is 35.5 Å². The maximum Gasteiger partial charge on any atom is 0.0659 e. The number of anilines is 1. The molecule has 0 saturated heterocycles. The molecule has 1 aromatic carbocycles. The van der Waals surface area contributed by atoms with Gasteiger partial charge in [0.2, 0.25) is 0 Å². The largest absolute Gasteiger partial charge is 0.388 e. The van der Waals surface area contributed by atoms with Crippen LogP contribution in [-0.4, -0.2) is 23.4 Å². The number of rotatable bonds is 1. The third-order valence-electron chi connectivity index (χ3n) is 3.56. The maximum atomic E-state index is 10.1. The molecular formula is C13H20N2O. The first-order chi connectivity index (χ1) is 7.46. The quantitative estimate of drug-likeness (QED) is 0.763. The fraction of sp³-hybridized carbons (Fsp3) is 0.538. The highest BCUT2D eigenvalue weighted by atomic mass is 16.5. The third-order valence-corrected chi connectivity index (χ3v) is 3.56. The van der Waals surface area contributed by atoms with Crippen LogP contribution >= 0.6 is 0 Å². The summed E-state index contributed by atoms with van der Waals surface area (Å²) in [5.74, 6) is 0. The molecule has 0 spiro atoms. The van der Waals surface area contributed by atoms with Gasteiger partial charge in [0.25, 0.3) is 0 Å². The molecule has 0 fully saturated rings. The van der Waals surface area contributed by atoms with Gasteiger partial charge in [-0.2, -0.15) is 5.06 Å². The molecule has 0 bridgehead atoms. The van der Waals surface area contributed by atoms with Gasteiger partial charge in [-0.3, -0.25) is 0 Å². The van der Waals surface area contributed by atoms with Crippen molar-refractivity contribution in [2.75, 3.05) is 12.4 Å². The summed E-state index contributed by atoms with van der Waals surface area (Å²) < 4.78 is 0. The highest BCUT2D eigenvalue weighted by Gasteiger charge is 2.37. The Balaban J connectivity index is 2.53. The molecule has 1 aliphatic heterocycles. The van der Waals surface area contributed by atoms with E-state index in [0.29, 0.717) is 0 Å². The van der Waals surface area contributed by atoms with Gasteiger partial charge in [0.15, 0.2) is 0 Å². The van der Waals surface area contributed by atoms with E-state index in [9.17, 15) is 5.21 Å². The summed E-state index contributed by atoms with van der Waals surface area (Å²) in [6, 6.07) is 6.55. The molecular weight excluding hydrogens is 200 g/mol. The normalized spacial score (nSPS) is 23.9. The molecule has 2 N–H and O–H groups in total. The van der Waals surface area contributed by atoms with Crippen molar-refractivity contribution in [3.8, 4) is 0 Å². The Labute approximate surface area is 97.0 Å². The minimum atomic E-state index is -0.320. The molecule has 0 radical (unpaired) electrons. The zero-order valence-corrected chi connectivity index (χ0v) is 10.4. The number of hydrogen-bond donors (Lipinski definition) is 2. The predicted octanol–water partition coefficient (Wildman–Crippen LogP) is 2.60. The number of nitrogens with one attached hydrogen (secondary N) is 1. The number of benzene rings is 1. The highest BCUT2D eigenvalue weighted by molar-refractivity contribution is 5.51. The van der Waals surface area contributed by atoms with Gasteiger partial charge < -0.3 is 10.5 Å². The van der Waals surface area contributed by atoms with Crippen LogP contribution in [0.5, 0.6) is 0 Å². The average Bonchev–Trinajstić information content (AvgIpc) is 2.26. The fourth-order valence-electron chi connectivity index (χ4n) is 2.56. The lowest BCUT2D eigenvalue weighted by atomic mass is 9.82. The van der Waals surface area contributed by atoms with Gasteiger partial charge in [-0.25, -0.2) is 0 Å². The first-order valence-electron chi connectivity index (χ1n) is 5.76. The van der Waals surface area contributed by atoms with Crippen molar-refractivity contribution in [3.05, 3.63) is 29.3 Å². The molecule has 16 heavy (non-hydrogen) atoms. The van der Waals surface area contributed by atoms with Crippen LogP contribution in [-0.2, 0) is 12.0 Å². The second kappa shape index (κ2) is 3.75. The Morgan fingerprint density at radius 2 is 2.12 bits per heavy atom. The monoisotopic (exact) mass is 220 g/mol. The SMILES string of the molecule is CNc1ccc2c(c1)C(C)(C)N(O)C(C)C2. The molecule has 1 heterocycles. The molecule has 3 nitrogen and oxygen atoms in total. The maximum absolute atomic E-state index is 10.1. The van der Waals surface area contributed by atoms with Gasteiger partial charge in [0, 0.05) is 18.8 Å². The van der Waals surface area contributed by atoms with Gasteiger partial charge in [-0.1, -0.05) is 6.07 Å². The highest BCUT2D eigenvalue weighted by Crippen LogP contribution is 2.37. The average molecular weight is 220 g/mol. The Hall–Kier alpha value is -1.06. The number of hydroxylamine groups is 2. The summed E-state index contributed by atoms with van der Waals surface area (Å²) in [6.07, 6.45) is 0.902. The van der Waals surface area contributed by atoms with Crippen LogP contribution in [0.4, 0.5) is 5.69 Å². The van der Waals surface area contributed by atoms with Crippen molar-refractivity contribution in [2.24, 2.45) is 0 Å². The summed E-state index contributed by atoms with van der Waals surface area (Å²) in [5.41, 5.74) is 3.32. The molecule has 0 aromatic heterocycles. The van der Waals surface area contributed by atoms with Crippen molar-refractivity contribution in [3.63, 3.8) is 0 Å². The molecule has 0 aliphatic carbocycles. The lowest BCUT2D eigenvalue weighted by molar-refractivity contribution is -0.198. The smallest absolute Gasteiger partial charge is 0.0659 e. The molecule has 1 aliphatic rings. The Morgan fingerprint density at radius 1 is 1.44 bits per heavy atom. The van der Waals surface area contributed by atoms with Crippen molar-refractivity contribution in [1.29, 1.82) is 0 Å². The van der Waals surface area contributed by atoms with Crippen LogP contribution in [0.25, 0.3) is 0 Å². The van der Waals surface area contributed by atoms with Gasteiger partial charge >= 0.3 is 0 Å². The molecule has 0 saturated carbocycles. The number of fused-ring (bicyclic) bond motifs is 1. The van der Waals surface area contributed by atoms with E-state index < -0.39 is 0 Å². The van der Waals surface area contributed by atoms with Crippen LogP contribution in [0.2, 0.25) is 0 Å². The van der Waals surface area contributed by atoms with Gasteiger partial charge in [0.1, 0.15) is 0 Å². The van der Waals surface area contributed by atoms with E-state index in [-0.39, 0.29) is 11.6 Å². The standard InChI is InChI=1S/C13H20N2O/c1-9-7-10-5-6-11(14-4)8-12(10)13(2,3)15(9)16/h5-6,8-9,14,16H,7H2,1-4H3. The summed E-state index contributed by atoms with van der Waals surface area (Å²) in [7, 11) is 1.91. The van der Waals surface area contributed by atoms with E-state index in [4.69, 9.17) is 0 Å². The van der Waals surface area contributed by atoms with E-state index in [2.05, 4.69) is 44.3 Å². The predicted molar refractivity (Wildman–Crippen MR) is 65.8 cm³/mol. The summed E-state index contributed by atoms with van der Waals surface area (Å²) >= 11 is 0. The lowest BCUT2D eigenvalue weighted by Gasteiger charge is -2.43. The van der Waals surface area contributed by atoms with Gasteiger partial charge in [-0.15, -0.1) is 0 Å².